The minimum absolute atomic E-state index is 0.0499. The van der Waals surface area contributed by atoms with Crippen LogP contribution < -0.4 is 10.6 Å². The van der Waals surface area contributed by atoms with E-state index >= 15 is 0 Å². The zero-order valence-corrected chi connectivity index (χ0v) is 17.1. The Labute approximate surface area is 178 Å². The van der Waals surface area contributed by atoms with E-state index in [1.54, 1.807) is 19.1 Å². The van der Waals surface area contributed by atoms with E-state index < -0.39 is 28.7 Å². The number of nitro groups is 1. The minimum atomic E-state index is -0.948. The van der Waals surface area contributed by atoms with Gasteiger partial charge < -0.3 is 15.5 Å². The molecule has 0 saturated carbocycles. The number of rotatable bonds is 9. The Balaban J connectivity index is 1.91. The number of carbonyl (C=O) groups excluding carboxylic acids is 3. The number of carbonyl (C=O) groups is 3. The van der Waals surface area contributed by atoms with Crippen molar-refractivity contribution in [2.24, 2.45) is 0 Å². The maximum atomic E-state index is 12.9. The highest BCUT2D eigenvalue weighted by Crippen LogP contribution is 2.13. The molecule has 3 amide bonds. The van der Waals surface area contributed by atoms with Gasteiger partial charge in [-0.25, -0.2) is 4.39 Å². The monoisotopic (exact) mass is 430 g/mol. The second-order valence-electron chi connectivity index (χ2n) is 6.76. The number of nitrogens with one attached hydrogen (secondary N) is 2. The summed E-state index contributed by atoms with van der Waals surface area (Å²) >= 11 is 0. The number of halogens is 1. The first-order valence-electron chi connectivity index (χ1n) is 9.56. The summed E-state index contributed by atoms with van der Waals surface area (Å²) in [6.07, 6.45) is 0. The van der Waals surface area contributed by atoms with Gasteiger partial charge in [0.1, 0.15) is 11.9 Å². The molecular weight excluding hydrogens is 407 g/mol. The van der Waals surface area contributed by atoms with Gasteiger partial charge in [0.15, 0.2) is 0 Å². The van der Waals surface area contributed by atoms with Crippen LogP contribution in [0, 0.1) is 15.9 Å². The van der Waals surface area contributed by atoms with Crippen molar-refractivity contribution in [3.63, 3.8) is 0 Å². The van der Waals surface area contributed by atoms with E-state index in [9.17, 15) is 28.9 Å². The molecule has 9 nitrogen and oxygen atoms in total. The number of amides is 3. The summed E-state index contributed by atoms with van der Waals surface area (Å²) in [4.78, 5) is 48.7. The Morgan fingerprint density at radius 1 is 1.16 bits per heavy atom. The highest BCUT2D eigenvalue weighted by atomic mass is 19.1. The lowest BCUT2D eigenvalue weighted by molar-refractivity contribution is -0.384. The quantitative estimate of drug-likeness (QED) is 0.466. The molecule has 2 N–H and O–H groups in total. The van der Waals surface area contributed by atoms with Crippen molar-refractivity contribution >= 4 is 23.4 Å². The van der Waals surface area contributed by atoms with Gasteiger partial charge in [0, 0.05) is 30.8 Å². The van der Waals surface area contributed by atoms with Crippen LogP contribution in [0.25, 0.3) is 0 Å². The van der Waals surface area contributed by atoms with Crippen molar-refractivity contribution in [1.29, 1.82) is 0 Å². The molecule has 0 saturated heterocycles. The van der Waals surface area contributed by atoms with Gasteiger partial charge in [-0.1, -0.05) is 18.2 Å². The smallest absolute Gasteiger partial charge is 0.270 e. The molecular formula is C21H23FN4O5. The van der Waals surface area contributed by atoms with Crippen molar-refractivity contribution in [2.75, 3.05) is 13.1 Å². The van der Waals surface area contributed by atoms with Crippen LogP contribution >= 0.6 is 0 Å². The van der Waals surface area contributed by atoms with Gasteiger partial charge in [-0.3, -0.25) is 24.5 Å². The fraction of sp³-hybridized carbons (Fsp3) is 0.286. The van der Waals surface area contributed by atoms with Crippen molar-refractivity contribution in [2.45, 2.75) is 26.4 Å². The Morgan fingerprint density at radius 2 is 1.84 bits per heavy atom. The molecule has 164 valence electrons. The predicted molar refractivity (Wildman–Crippen MR) is 111 cm³/mol. The number of likely N-dealkylation sites (N-methyl/N-ethyl adjacent to an activating group) is 1. The molecule has 2 rings (SSSR count). The molecule has 10 heteroatoms. The maximum absolute atomic E-state index is 12.9. The van der Waals surface area contributed by atoms with Crippen LogP contribution in [-0.4, -0.2) is 46.7 Å². The van der Waals surface area contributed by atoms with E-state index in [1.807, 2.05) is 0 Å². The summed E-state index contributed by atoms with van der Waals surface area (Å²) in [6.45, 7) is 3.37. The van der Waals surface area contributed by atoms with E-state index in [0.717, 1.165) is 6.07 Å². The molecule has 2 aromatic carbocycles. The Bertz CT molecular complexity index is 964. The van der Waals surface area contributed by atoms with E-state index in [0.29, 0.717) is 5.56 Å². The van der Waals surface area contributed by atoms with Crippen LogP contribution in [0.4, 0.5) is 10.1 Å². The third-order valence-corrected chi connectivity index (χ3v) is 4.47. The van der Waals surface area contributed by atoms with E-state index in [4.69, 9.17) is 0 Å². The third-order valence-electron chi connectivity index (χ3n) is 4.47. The fourth-order valence-corrected chi connectivity index (χ4v) is 2.75. The number of hydrogen-bond acceptors (Lipinski definition) is 5. The number of nitrogens with zero attached hydrogens (tertiary/aromatic N) is 2. The second kappa shape index (κ2) is 10.8. The zero-order valence-electron chi connectivity index (χ0n) is 17.1. The Hall–Kier alpha value is -3.82. The summed E-state index contributed by atoms with van der Waals surface area (Å²) in [5, 5.41) is 16.0. The van der Waals surface area contributed by atoms with Crippen LogP contribution in [-0.2, 0) is 16.1 Å². The van der Waals surface area contributed by atoms with E-state index in [1.165, 1.54) is 42.2 Å². The van der Waals surface area contributed by atoms with Crippen LogP contribution in [0.3, 0.4) is 0 Å². The third kappa shape index (κ3) is 6.88. The first-order chi connectivity index (χ1) is 14.7. The highest BCUT2D eigenvalue weighted by molar-refractivity contribution is 5.98. The molecule has 0 spiro atoms. The molecule has 0 aliphatic heterocycles. The fourth-order valence-electron chi connectivity index (χ4n) is 2.75. The molecule has 0 aromatic heterocycles. The standard InChI is InChI=1S/C21H23FN4O5/c1-3-25(13-19(27)23-12-15-7-9-17(22)10-8-15)21(29)14(2)24-20(28)16-5-4-6-18(11-16)26(30)31/h4-11,14H,3,12-13H2,1-2H3,(H,23,27)(H,24,28). The van der Waals surface area contributed by atoms with Crippen molar-refractivity contribution in [3.05, 3.63) is 75.6 Å². The van der Waals surface area contributed by atoms with Crippen LogP contribution in [0.2, 0.25) is 0 Å². The molecule has 0 heterocycles. The first-order valence-corrected chi connectivity index (χ1v) is 9.56. The Kier molecular flexibility index (Phi) is 8.18. The molecule has 0 fully saturated rings. The summed E-state index contributed by atoms with van der Waals surface area (Å²) in [6, 6.07) is 9.87. The summed E-state index contributed by atoms with van der Waals surface area (Å²) in [5.74, 6) is -1.89. The molecule has 0 aliphatic rings. The number of nitro benzene ring substituents is 1. The minimum Gasteiger partial charge on any atom is -0.350 e. The zero-order chi connectivity index (χ0) is 23.0. The van der Waals surface area contributed by atoms with Gasteiger partial charge in [0.05, 0.1) is 11.5 Å². The molecule has 0 radical (unpaired) electrons. The average molecular weight is 430 g/mol. The van der Waals surface area contributed by atoms with Gasteiger partial charge in [-0.15, -0.1) is 0 Å². The SMILES string of the molecule is CCN(CC(=O)NCc1ccc(F)cc1)C(=O)C(C)NC(=O)c1cccc([N+](=O)[O-])c1. The normalized spacial score (nSPS) is 11.3. The molecule has 0 aliphatic carbocycles. The van der Waals surface area contributed by atoms with Crippen LogP contribution in [0.1, 0.15) is 29.8 Å². The van der Waals surface area contributed by atoms with E-state index in [2.05, 4.69) is 10.6 Å². The van der Waals surface area contributed by atoms with Gasteiger partial charge >= 0.3 is 0 Å². The maximum Gasteiger partial charge on any atom is 0.270 e. The molecule has 1 unspecified atom stereocenters. The largest absolute Gasteiger partial charge is 0.350 e. The Morgan fingerprint density at radius 3 is 2.45 bits per heavy atom. The van der Waals surface area contributed by atoms with Gasteiger partial charge in [-0.2, -0.15) is 0 Å². The van der Waals surface area contributed by atoms with Gasteiger partial charge in [0.25, 0.3) is 11.6 Å². The molecule has 0 bridgehead atoms. The number of non-ortho nitro benzene ring substituents is 1. The lowest BCUT2D eigenvalue weighted by atomic mass is 10.1. The lowest BCUT2D eigenvalue weighted by Crippen LogP contribution is -2.49. The average Bonchev–Trinajstić information content (AvgIpc) is 2.76. The molecule has 2 aromatic rings. The summed E-state index contributed by atoms with van der Waals surface area (Å²) in [5.41, 5.74) is 0.523. The number of hydrogen-bond donors (Lipinski definition) is 2. The summed E-state index contributed by atoms with van der Waals surface area (Å²) < 4.78 is 12.9. The van der Waals surface area contributed by atoms with Gasteiger partial charge in [0.2, 0.25) is 11.8 Å². The van der Waals surface area contributed by atoms with Crippen LogP contribution in [0.5, 0.6) is 0 Å². The van der Waals surface area contributed by atoms with Crippen molar-refractivity contribution in [1.82, 2.24) is 15.5 Å². The topological polar surface area (TPSA) is 122 Å². The molecule has 1 atom stereocenters. The van der Waals surface area contributed by atoms with Crippen molar-refractivity contribution in [3.8, 4) is 0 Å². The predicted octanol–water partition coefficient (Wildman–Crippen LogP) is 2.02. The second-order valence-corrected chi connectivity index (χ2v) is 6.76. The summed E-state index contributed by atoms with van der Waals surface area (Å²) in [7, 11) is 0. The highest BCUT2D eigenvalue weighted by Gasteiger charge is 2.23. The van der Waals surface area contributed by atoms with E-state index in [-0.39, 0.29) is 36.7 Å². The first kappa shape index (κ1) is 23.5. The lowest BCUT2D eigenvalue weighted by Gasteiger charge is -2.24. The van der Waals surface area contributed by atoms with Gasteiger partial charge in [-0.05, 0) is 37.6 Å². The van der Waals surface area contributed by atoms with Crippen LogP contribution in [0.15, 0.2) is 48.5 Å². The molecule has 31 heavy (non-hydrogen) atoms. The van der Waals surface area contributed by atoms with Crippen molar-refractivity contribution < 1.29 is 23.7 Å². The number of benzene rings is 2.